The Morgan fingerprint density at radius 1 is 1.35 bits per heavy atom. The monoisotopic (exact) mass is 236 g/mol. The van der Waals surface area contributed by atoms with Crippen LogP contribution in [-0.2, 0) is 4.79 Å². The Balaban J connectivity index is 2.75. The van der Waals surface area contributed by atoms with Crippen molar-refractivity contribution in [1.82, 2.24) is 10.6 Å². The molecule has 1 atom stereocenters. The van der Waals surface area contributed by atoms with Gasteiger partial charge >= 0.3 is 0 Å². The van der Waals surface area contributed by atoms with Gasteiger partial charge in [0.1, 0.15) is 0 Å². The summed E-state index contributed by atoms with van der Waals surface area (Å²) in [6, 6.07) is 9.07. The quantitative estimate of drug-likeness (QED) is 0.710. The second-order valence-corrected chi connectivity index (χ2v) is 4.49. The summed E-state index contributed by atoms with van der Waals surface area (Å²) >= 11 is 0. The van der Waals surface area contributed by atoms with Crippen LogP contribution in [0, 0.1) is 0 Å². The molecule has 0 radical (unpaired) electrons. The maximum absolute atomic E-state index is 12.0. The van der Waals surface area contributed by atoms with Crippen molar-refractivity contribution in [3.05, 3.63) is 35.9 Å². The van der Waals surface area contributed by atoms with Gasteiger partial charge in [0.2, 0.25) is 5.91 Å². The van der Waals surface area contributed by atoms with E-state index in [2.05, 4.69) is 10.6 Å². The molecule has 4 heteroatoms. The van der Waals surface area contributed by atoms with Gasteiger partial charge in [0, 0.05) is 0 Å². The molecule has 0 spiro atoms. The standard InChI is InChI=1S/C13H20N2O2/c1-13(2,14-3)12(17)15-11(9-16)10-7-5-4-6-8-10/h4-8,11,14,16H,9H2,1-3H3,(H,15,17)/t11-/m0/s1. The SMILES string of the molecule is CNC(C)(C)C(=O)N[C@@H](CO)c1ccccc1. The molecule has 0 saturated carbocycles. The third-order valence-electron chi connectivity index (χ3n) is 2.88. The first-order valence-electron chi connectivity index (χ1n) is 5.67. The lowest BCUT2D eigenvalue weighted by atomic mass is 10.0. The summed E-state index contributed by atoms with van der Waals surface area (Å²) in [5.41, 5.74) is 0.248. The van der Waals surface area contributed by atoms with Crippen LogP contribution in [0.1, 0.15) is 25.5 Å². The second-order valence-electron chi connectivity index (χ2n) is 4.49. The Hall–Kier alpha value is -1.39. The Kier molecular flexibility index (Phi) is 4.66. The Morgan fingerprint density at radius 3 is 2.41 bits per heavy atom. The number of carbonyl (C=O) groups excluding carboxylic acids is 1. The number of benzene rings is 1. The van der Waals surface area contributed by atoms with Gasteiger partial charge in [-0.1, -0.05) is 30.3 Å². The molecule has 0 bridgehead atoms. The van der Waals surface area contributed by atoms with Crippen LogP contribution in [0.25, 0.3) is 0 Å². The number of aliphatic hydroxyl groups is 1. The Labute approximate surface area is 102 Å². The van der Waals surface area contributed by atoms with Crippen molar-refractivity contribution < 1.29 is 9.90 Å². The summed E-state index contributed by atoms with van der Waals surface area (Å²) in [6.45, 7) is 3.47. The predicted octanol–water partition coefficient (Wildman–Crippen LogP) is 0.834. The molecule has 4 nitrogen and oxygen atoms in total. The molecule has 0 aromatic heterocycles. The highest BCUT2D eigenvalue weighted by Crippen LogP contribution is 2.13. The first-order valence-corrected chi connectivity index (χ1v) is 5.67. The molecule has 1 aromatic rings. The fraction of sp³-hybridized carbons (Fsp3) is 0.462. The summed E-state index contributed by atoms with van der Waals surface area (Å²) in [4.78, 5) is 12.0. The molecule has 17 heavy (non-hydrogen) atoms. The smallest absolute Gasteiger partial charge is 0.240 e. The minimum Gasteiger partial charge on any atom is -0.394 e. The van der Waals surface area contributed by atoms with Gasteiger partial charge in [-0.2, -0.15) is 0 Å². The van der Waals surface area contributed by atoms with Gasteiger partial charge in [-0.3, -0.25) is 4.79 Å². The van der Waals surface area contributed by atoms with Crippen LogP contribution in [0.5, 0.6) is 0 Å². The maximum Gasteiger partial charge on any atom is 0.240 e. The van der Waals surface area contributed by atoms with Crippen molar-refractivity contribution in [2.24, 2.45) is 0 Å². The molecule has 0 aliphatic heterocycles. The van der Waals surface area contributed by atoms with Gasteiger partial charge in [0.25, 0.3) is 0 Å². The van der Waals surface area contributed by atoms with Gasteiger partial charge in [-0.25, -0.2) is 0 Å². The number of nitrogens with one attached hydrogen (secondary N) is 2. The van der Waals surface area contributed by atoms with Gasteiger partial charge in [-0.05, 0) is 26.5 Å². The third kappa shape index (κ3) is 3.54. The van der Waals surface area contributed by atoms with E-state index in [1.54, 1.807) is 20.9 Å². The van der Waals surface area contributed by atoms with E-state index in [1.165, 1.54) is 0 Å². The van der Waals surface area contributed by atoms with Crippen LogP contribution in [0.3, 0.4) is 0 Å². The summed E-state index contributed by atoms with van der Waals surface area (Å²) in [7, 11) is 1.73. The summed E-state index contributed by atoms with van der Waals surface area (Å²) in [5.74, 6) is -0.136. The Morgan fingerprint density at radius 2 is 1.94 bits per heavy atom. The average Bonchev–Trinajstić information content (AvgIpc) is 2.36. The molecular formula is C13H20N2O2. The highest BCUT2D eigenvalue weighted by atomic mass is 16.3. The molecule has 0 unspecified atom stereocenters. The third-order valence-corrected chi connectivity index (χ3v) is 2.88. The highest BCUT2D eigenvalue weighted by molar-refractivity contribution is 5.85. The van der Waals surface area contributed by atoms with Gasteiger partial charge in [-0.15, -0.1) is 0 Å². The van der Waals surface area contributed by atoms with Crippen molar-refractivity contribution in [1.29, 1.82) is 0 Å². The van der Waals surface area contributed by atoms with Crippen molar-refractivity contribution in [3.63, 3.8) is 0 Å². The van der Waals surface area contributed by atoms with Gasteiger partial charge in [0.05, 0.1) is 18.2 Å². The largest absolute Gasteiger partial charge is 0.394 e. The van der Waals surface area contributed by atoms with Crippen LogP contribution in [0.15, 0.2) is 30.3 Å². The first kappa shape index (κ1) is 13.7. The van der Waals surface area contributed by atoms with E-state index in [1.807, 2.05) is 30.3 Å². The van der Waals surface area contributed by atoms with Crippen molar-refractivity contribution in [2.45, 2.75) is 25.4 Å². The molecule has 0 aliphatic carbocycles. The molecule has 1 aromatic carbocycles. The van der Waals surface area contributed by atoms with E-state index in [4.69, 9.17) is 0 Å². The number of hydrogen-bond donors (Lipinski definition) is 3. The molecule has 0 aliphatic rings. The highest BCUT2D eigenvalue weighted by Gasteiger charge is 2.27. The molecule has 0 heterocycles. The van der Waals surface area contributed by atoms with Crippen LogP contribution < -0.4 is 10.6 Å². The lowest BCUT2D eigenvalue weighted by Crippen LogP contribution is -2.52. The molecular weight excluding hydrogens is 216 g/mol. The molecule has 3 N–H and O–H groups in total. The molecule has 1 amide bonds. The maximum atomic E-state index is 12.0. The minimum atomic E-state index is -0.651. The van der Waals surface area contributed by atoms with E-state index in [9.17, 15) is 9.90 Å². The minimum absolute atomic E-state index is 0.116. The zero-order valence-electron chi connectivity index (χ0n) is 10.5. The summed E-state index contributed by atoms with van der Waals surface area (Å²) < 4.78 is 0. The van der Waals surface area contributed by atoms with Crippen LogP contribution in [0.2, 0.25) is 0 Å². The number of rotatable bonds is 5. The number of hydrogen-bond acceptors (Lipinski definition) is 3. The summed E-state index contributed by atoms with van der Waals surface area (Å²) in [5, 5.41) is 15.1. The molecule has 1 rings (SSSR count). The van der Waals surface area contributed by atoms with Gasteiger partial charge < -0.3 is 15.7 Å². The van der Waals surface area contributed by atoms with E-state index < -0.39 is 5.54 Å². The van der Waals surface area contributed by atoms with Crippen LogP contribution >= 0.6 is 0 Å². The topological polar surface area (TPSA) is 61.4 Å². The van der Waals surface area contributed by atoms with Crippen molar-refractivity contribution in [2.75, 3.05) is 13.7 Å². The molecule has 94 valence electrons. The van der Waals surface area contributed by atoms with Crippen LogP contribution in [-0.4, -0.2) is 30.2 Å². The van der Waals surface area contributed by atoms with Gasteiger partial charge in [0.15, 0.2) is 0 Å². The predicted molar refractivity (Wildman–Crippen MR) is 67.6 cm³/mol. The number of aliphatic hydroxyl groups excluding tert-OH is 1. The number of likely N-dealkylation sites (N-methyl/N-ethyl adjacent to an activating group) is 1. The zero-order valence-corrected chi connectivity index (χ0v) is 10.5. The second kappa shape index (κ2) is 5.80. The lowest BCUT2D eigenvalue weighted by molar-refractivity contribution is -0.127. The molecule has 0 fully saturated rings. The first-order chi connectivity index (χ1) is 8.01. The van der Waals surface area contributed by atoms with E-state index >= 15 is 0 Å². The number of carbonyl (C=O) groups is 1. The van der Waals surface area contributed by atoms with E-state index in [0.717, 1.165) is 5.56 Å². The summed E-state index contributed by atoms with van der Waals surface area (Å²) in [6.07, 6.45) is 0. The normalized spacial score (nSPS) is 13.2. The van der Waals surface area contributed by atoms with Crippen LogP contribution in [0.4, 0.5) is 0 Å². The van der Waals surface area contributed by atoms with E-state index in [-0.39, 0.29) is 18.6 Å². The fourth-order valence-corrected chi connectivity index (χ4v) is 1.37. The van der Waals surface area contributed by atoms with Crippen molar-refractivity contribution in [3.8, 4) is 0 Å². The lowest BCUT2D eigenvalue weighted by Gasteiger charge is -2.26. The Bertz CT molecular complexity index is 363. The van der Waals surface area contributed by atoms with E-state index in [0.29, 0.717) is 0 Å². The van der Waals surface area contributed by atoms with Crippen molar-refractivity contribution >= 4 is 5.91 Å². The zero-order chi connectivity index (χ0) is 12.9. The molecule has 0 saturated heterocycles. The fourth-order valence-electron chi connectivity index (χ4n) is 1.37. The number of amides is 1. The average molecular weight is 236 g/mol.